The lowest BCUT2D eigenvalue weighted by molar-refractivity contribution is 0.0319. The maximum absolute atomic E-state index is 13.2. The van der Waals surface area contributed by atoms with Gasteiger partial charge in [0.05, 0.1) is 6.10 Å². The third kappa shape index (κ3) is 2.43. The van der Waals surface area contributed by atoms with Crippen LogP contribution in [0, 0.1) is 5.82 Å². The highest BCUT2D eigenvalue weighted by Crippen LogP contribution is 2.24. The first-order valence-corrected chi connectivity index (χ1v) is 5.09. The van der Waals surface area contributed by atoms with Gasteiger partial charge >= 0.3 is 0 Å². The molecule has 0 aromatic heterocycles. The fourth-order valence-electron chi connectivity index (χ4n) is 1.05. The Kier molecular flexibility index (Phi) is 3.86. The van der Waals surface area contributed by atoms with Crippen LogP contribution >= 0.6 is 15.9 Å². The molecule has 0 aliphatic heterocycles. The number of phenols is 1. The minimum Gasteiger partial charge on any atom is -0.508 e. The molecule has 2 unspecified atom stereocenters. The molecule has 78 valence electrons. The summed E-state index contributed by atoms with van der Waals surface area (Å²) in [4.78, 5) is 0. The number of rotatable bonds is 3. The van der Waals surface area contributed by atoms with E-state index in [1.807, 2.05) is 0 Å². The molecular weight excluding hydrogens is 255 g/mol. The maximum Gasteiger partial charge on any atom is 0.132 e. The van der Waals surface area contributed by atoms with Crippen molar-refractivity contribution in [3.63, 3.8) is 0 Å². The molecule has 0 fully saturated rings. The van der Waals surface area contributed by atoms with Crippen LogP contribution in [0.25, 0.3) is 0 Å². The van der Waals surface area contributed by atoms with E-state index >= 15 is 0 Å². The molecule has 0 amide bonds. The highest BCUT2D eigenvalue weighted by molar-refractivity contribution is 9.09. The van der Waals surface area contributed by atoms with E-state index < -0.39 is 18.0 Å². The molecule has 3 nitrogen and oxygen atoms in total. The Morgan fingerprint density at radius 3 is 2.50 bits per heavy atom. The molecule has 0 aliphatic rings. The summed E-state index contributed by atoms with van der Waals surface area (Å²) in [5, 5.41) is 27.8. The summed E-state index contributed by atoms with van der Waals surface area (Å²) in [7, 11) is 0. The molecular formula is C9H10BrFO3. The zero-order chi connectivity index (χ0) is 10.7. The zero-order valence-corrected chi connectivity index (χ0v) is 8.78. The molecule has 2 atom stereocenters. The predicted octanol–water partition coefficient (Wildman–Crippen LogP) is 1.32. The predicted molar refractivity (Wildman–Crippen MR) is 52.8 cm³/mol. The number of hydrogen-bond donors (Lipinski definition) is 3. The van der Waals surface area contributed by atoms with Crippen LogP contribution in [0.1, 0.15) is 11.7 Å². The van der Waals surface area contributed by atoms with Crippen molar-refractivity contribution in [3.8, 4) is 5.75 Å². The van der Waals surface area contributed by atoms with Crippen LogP contribution in [0.15, 0.2) is 18.2 Å². The topological polar surface area (TPSA) is 60.7 Å². The molecule has 1 aromatic rings. The van der Waals surface area contributed by atoms with Crippen molar-refractivity contribution in [1.82, 2.24) is 0 Å². The van der Waals surface area contributed by atoms with Crippen LogP contribution in [0.3, 0.4) is 0 Å². The van der Waals surface area contributed by atoms with Crippen LogP contribution in [0.5, 0.6) is 5.75 Å². The van der Waals surface area contributed by atoms with Gasteiger partial charge in [-0.3, -0.25) is 0 Å². The van der Waals surface area contributed by atoms with E-state index in [9.17, 15) is 14.6 Å². The quantitative estimate of drug-likeness (QED) is 0.722. The summed E-state index contributed by atoms with van der Waals surface area (Å²) in [5.41, 5.74) is -0.0326. The first kappa shape index (κ1) is 11.4. The van der Waals surface area contributed by atoms with Crippen molar-refractivity contribution < 1.29 is 19.7 Å². The van der Waals surface area contributed by atoms with E-state index in [1.54, 1.807) is 0 Å². The zero-order valence-electron chi connectivity index (χ0n) is 7.19. The van der Waals surface area contributed by atoms with Crippen LogP contribution in [-0.2, 0) is 0 Å². The second-order valence-corrected chi connectivity index (χ2v) is 3.52. The molecule has 0 spiro atoms. The largest absolute Gasteiger partial charge is 0.508 e. The summed E-state index contributed by atoms with van der Waals surface area (Å²) in [6.07, 6.45) is -2.37. The Morgan fingerprint density at radius 1 is 1.36 bits per heavy atom. The van der Waals surface area contributed by atoms with Crippen molar-refractivity contribution in [3.05, 3.63) is 29.6 Å². The minimum absolute atomic E-state index is 0.0326. The number of phenolic OH excluding ortho intramolecular Hbond substituents is 1. The number of alkyl halides is 1. The molecule has 1 rings (SSSR count). The second kappa shape index (κ2) is 4.72. The average molecular weight is 265 g/mol. The van der Waals surface area contributed by atoms with Gasteiger partial charge in [0.1, 0.15) is 17.7 Å². The van der Waals surface area contributed by atoms with Gasteiger partial charge in [0.25, 0.3) is 0 Å². The van der Waals surface area contributed by atoms with Crippen molar-refractivity contribution in [2.24, 2.45) is 0 Å². The van der Waals surface area contributed by atoms with E-state index in [2.05, 4.69) is 15.9 Å². The van der Waals surface area contributed by atoms with Crippen LogP contribution in [0.4, 0.5) is 4.39 Å². The third-order valence-electron chi connectivity index (χ3n) is 1.83. The van der Waals surface area contributed by atoms with E-state index in [4.69, 9.17) is 5.11 Å². The van der Waals surface area contributed by atoms with Gasteiger partial charge in [0.2, 0.25) is 0 Å². The molecule has 0 bridgehead atoms. The maximum atomic E-state index is 13.2. The molecule has 0 aliphatic carbocycles. The van der Waals surface area contributed by atoms with Crippen LogP contribution in [-0.4, -0.2) is 26.8 Å². The first-order chi connectivity index (χ1) is 6.56. The number of halogens is 2. The van der Waals surface area contributed by atoms with Gasteiger partial charge in [-0.25, -0.2) is 4.39 Å². The number of aliphatic hydroxyl groups excluding tert-OH is 2. The monoisotopic (exact) mass is 264 g/mol. The van der Waals surface area contributed by atoms with E-state index in [0.717, 1.165) is 6.07 Å². The van der Waals surface area contributed by atoms with E-state index in [1.165, 1.54) is 12.1 Å². The summed E-state index contributed by atoms with van der Waals surface area (Å²) in [6, 6.07) is 3.38. The Balaban J connectivity index is 2.95. The van der Waals surface area contributed by atoms with E-state index in [0.29, 0.717) is 0 Å². The molecule has 1 aromatic carbocycles. The Hall–Kier alpha value is -0.650. The number of aromatic hydroxyl groups is 1. The average Bonchev–Trinajstić information content (AvgIpc) is 2.15. The molecule has 5 heteroatoms. The first-order valence-electron chi connectivity index (χ1n) is 3.96. The summed E-state index contributed by atoms with van der Waals surface area (Å²) >= 11 is 2.97. The summed E-state index contributed by atoms with van der Waals surface area (Å²) in [6.45, 7) is 0. The normalized spacial score (nSPS) is 15.1. The van der Waals surface area contributed by atoms with E-state index in [-0.39, 0.29) is 16.6 Å². The lowest BCUT2D eigenvalue weighted by Gasteiger charge is -2.16. The lowest BCUT2D eigenvalue weighted by atomic mass is 10.0. The highest BCUT2D eigenvalue weighted by Gasteiger charge is 2.20. The lowest BCUT2D eigenvalue weighted by Crippen LogP contribution is -2.20. The SMILES string of the molecule is Oc1ccc(C(O)C(O)CBr)c(F)c1. The number of hydrogen-bond acceptors (Lipinski definition) is 3. The highest BCUT2D eigenvalue weighted by atomic mass is 79.9. The van der Waals surface area contributed by atoms with Gasteiger partial charge in [-0.05, 0) is 12.1 Å². The van der Waals surface area contributed by atoms with Crippen LogP contribution in [0.2, 0.25) is 0 Å². The molecule has 0 heterocycles. The third-order valence-corrected chi connectivity index (χ3v) is 2.49. The Labute approximate surface area is 88.9 Å². The van der Waals surface area contributed by atoms with Crippen molar-refractivity contribution in [2.75, 3.05) is 5.33 Å². The van der Waals surface area contributed by atoms with Gasteiger partial charge in [0.15, 0.2) is 0 Å². The van der Waals surface area contributed by atoms with Gasteiger partial charge in [-0.1, -0.05) is 15.9 Å². The fraction of sp³-hybridized carbons (Fsp3) is 0.333. The number of benzene rings is 1. The molecule has 14 heavy (non-hydrogen) atoms. The smallest absolute Gasteiger partial charge is 0.132 e. The molecule has 0 saturated heterocycles. The molecule has 3 N–H and O–H groups in total. The number of aliphatic hydroxyl groups is 2. The van der Waals surface area contributed by atoms with Crippen molar-refractivity contribution in [2.45, 2.75) is 12.2 Å². The van der Waals surface area contributed by atoms with Crippen molar-refractivity contribution in [1.29, 1.82) is 0 Å². The van der Waals surface area contributed by atoms with Gasteiger partial charge in [0, 0.05) is 17.0 Å². The standard InChI is InChI=1S/C9H10BrFO3/c10-4-8(13)9(14)6-2-1-5(12)3-7(6)11/h1-3,8-9,12-14H,4H2. The summed E-state index contributed by atoms with van der Waals surface area (Å²) < 4.78 is 13.2. The minimum atomic E-state index is -1.30. The fourth-order valence-corrected chi connectivity index (χ4v) is 1.40. The Bertz CT molecular complexity index is 319. The van der Waals surface area contributed by atoms with Gasteiger partial charge < -0.3 is 15.3 Å². The molecule has 0 radical (unpaired) electrons. The van der Waals surface area contributed by atoms with Crippen molar-refractivity contribution >= 4 is 15.9 Å². The second-order valence-electron chi connectivity index (χ2n) is 2.87. The molecule has 0 saturated carbocycles. The van der Waals surface area contributed by atoms with Crippen LogP contribution < -0.4 is 0 Å². The van der Waals surface area contributed by atoms with Gasteiger partial charge in [-0.15, -0.1) is 0 Å². The summed E-state index contributed by atoms with van der Waals surface area (Å²) in [5.74, 6) is -0.954. The van der Waals surface area contributed by atoms with Gasteiger partial charge in [-0.2, -0.15) is 0 Å². The Morgan fingerprint density at radius 2 is 2.00 bits per heavy atom.